The van der Waals surface area contributed by atoms with Gasteiger partial charge in [0.2, 0.25) is 0 Å². The van der Waals surface area contributed by atoms with Gasteiger partial charge in [-0.25, -0.2) is 14.4 Å². The van der Waals surface area contributed by atoms with Crippen molar-refractivity contribution >= 4 is 24.2 Å². The van der Waals surface area contributed by atoms with Crippen LogP contribution in [0.3, 0.4) is 0 Å². The predicted octanol–water partition coefficient (Wildman–Crippen LogP) is 2.94. The minimum atomic E-state index is -1.84. The van der Waals surface area contributed by atoms with E-state index in [1.807, 2.05) is 0 Å². The average molecular weight is 475 g/mol. The first-order valence-electron chi connectivity index (χ1n) is 10.0. The fourth-order valence-electron chi connectivity index (χ4n) is 3.07. The van der Waals surface area contributed by atoms with Crippen LogP contribution in [0.4, 0.5) is 9.59 Å². The van der Waals surface area contributed by atoms with Crippen LogP contribution < -0.4 is 15.2 Å². The lowest BCUT2D eigenvalue weighted by Crippen LogP contribution is -2.52. The predicted molar refractivity (Wildman–Crippen MR) is 117 cm³/mol. The van der Waals surface area contributed by atoms with E-state index >= 15 is 0 Å². The Morgan fingerprint density at radius 1 is 0.941 bits per heavy atom. The number of aliphatic carboxylic acids is 1. The van der Waals surface area contributed by atoms with Gasteiger partial charge in [0.05, 0.1) is 19.8 Å². The molecule has 11 heteroatoms. The Hall–Kier alpha value is -4.12. The molecular formula is C23H25NO10. The van der Waals surface area contributed by atoms with Crippen LogP contribution in [0.5, 0.6) is 11.5 Å². The van der Waals surface area contributed by atoms with Crippen molar-refractivity contribution in [2.24, 2.45) is 5.73 Å². The molecule has 3 N–H and O–H groups in total. The van der Waals surface area contributed by atoms with Crippen molar-refractivity contribution in [3.8, 4) is 11.5 Å². The number of carboxylic acid groups (broad SMARTS) is 1. The number of hydrogen-bond donors (Lipinski definition) is 2. The number of esters is 1. The van der Waals surface area contributed by atoms with E-state index in [2.05, 4.69) is 9.47 Å². The summed E-state index contributed by atoms with van der Waals surface area (Å²) in [6.07, 6.45) is -3.43. The number of carbonyl (C=O) groups excluding carboxylic acids is 3. The second-order valence-corrected chi connectivity index (χ2v) is 7.32. The molecule has 0 aliphatic rings. The standard InChI is InChI=1S/C23H25NO10/c1-14(32-19(25)16-7-5-4-6-8-16)12-23(24,20(26)27)13-15-9-10-17(33-21(28)30-2)18(11-15)34-22(29)31-3/h4-11,14H,12-13,24H2,1-3H3,(H,26,27)/t14-,23?/m0/s1. The lowest BCUT2D eigenvalue weighted by atomic mass is 9.86. The Kier molecular flexibility index (Phi) is 8.96. The van der Waals surface area contributed by atoms with Crippen molar-refractivity contribution < 1.29 is 48.0 Å². The van der Waals surface area contributed by atoms with Crippen molar-refractivity contribution in [3.63, 3.8) is 0 Å². The van der Waals surface area contributed by atoms with Gasteiger partial charge in [-0.2, -0.15) is 0 Å². The maximum Gasteiger partial charge on any atom is 0.513 e. The van der Waals surface area contributed by atoms with Gasteiger partial charge in [0, 0.05) is 12.8 Å². The van der Waals surface area contributed by atoms with Gasteiger partial charge in [0.15, 0.2) is 11.5 Å². The smallest absolute Gasteiger partial charge is 0.480 e. The molecule has 2 rings (SSSR count). The molecule has 0 aromatic heterocycles. The lowest BCUT2D eigenvalue weighted by molar-refractivity contribution is -0.144. The summed E-state index contributed by atoms with van der Waals surface area (Å²) in [5.74, 6) is -2.32. The highest BCUT2D eigenvalue weighted by Gasteiger charge is 2.37. The third kappa shape index (κ3) is 7.20. The van der Waals surface area contributed by atoms with Crippen molar-refractivity contribution in [3.05, 3.63) is 59.7 Å². The lowest BCUT2D eigenvalue weighted by Gasteiger charge is -2.28. The van der Waals surface area contributed by atoms with Crippen molar-refractivity contribution in [2.75, 3.05) is 14.2 Å². The van der Waals surface area contributed by atoms with E-state index in [-0.39, 0.29) is 24.3 Å². The Bertz CT molecular complexity index is 1040. The van der Waals surface area contributed by atoms with Gasteiger partial charge in [-0.05, 0) is 36.8 Å². The van der Waals surface area contributed by atoms with Crippen molar-refractivity contribution in [1.29, 1.82) is 0 Å². The number of carboxylic acids is 1. The van der Waals surface area contributed by atoms with Crippen LogP contribution in [0.1, 0.15) is 29.3 Å². The van der Waals surface area contributed by atoms with Crippen LogP contribution >= 0.6 is 0 Å². The van der Waals surface area contributed by atoms with Gasteiger partial charge in [-0.1, -0.05) is 24.3 Å². The molecule has 0 fully saturated rings. The first-order chi connectivity index (χ1) is 16.1. The zero-order chi connectivity index (χ0) is 25.3. The molecule has 0 saturated heterocycles. The number of hydrogen-bond acceptors (Lipinski definition) is 10. The van der Waals surface area contributed by atoms with Crippen LogP contribution in [0, 0.1) is 0 Å². The van der Waals surface area contributed by atoms with E-state index in [1.165, 1.54) is 25.1 Å². The summed E-state index contributed by atoms with van der Waals surface area (Å²) in [6.45, 7) is 1.53. The summed E-state index contributed by atoms with van der Waals surface area (Å²) >= 11 is 0. The van der Waals surface area contributed by atoms with E-state index in [9.17, 15) is 24.3 Å². The molecule has 0 heterocycles. The minimum absolute atomic E-state index is 0.163. The molecule has 34 heavy (non-hydrogen) atoms. The zero-order valence-electron chi connectivity index (χ0n) is 18.8. The maximum atomic E-state index is 12.3. The van der Waals surface area contributed by atoms with Crippen LogP contribution in [-0.2, 0) is 25.4 Å². The van der Waals surface area contributed by atoms with E-state index in [4.69, 9.17) is 19.9 Å². The van der Waals surface area contributed by atoms with Crippen molar-refractivity contribution in [2.45, 2.75) is 31.4 Å². The molecule has 11 nitrogen and oxygen atoms in total. The monoisotopic (exact) mass is 475 g/mol. The highest BCUT2D eigenvalue weighted by atomic mass is 16.7. The summed E-state index contributed by atoms with van der Waals surface area (Å²) in [7, 11) is 2.18. The molecule has 1 unspecified atom stereocenters. The average Bonchev–Trinajstić information content (AvgIpc) is 2.80. The SMILES string of the molecule is COC(=O)Oc1ccc(CC(N)(C[C@H](C)OC(=O)c2ccccc2)C(=O)O)cc1OC(=O)OC. The summed E-state index contributed by atoms with van der Waals surface area (Å²) in [6, 6.07) is 12.2. The number of methoxy groups -OCH3 is 2. The second-order valence-electron chi connectivity index (χ2n) is 7.32. The van der Waals surface area contributed by atoms with E-state index in [0.29, 0.717) is 11.1 Å². The topological polar surface area (TPSA) is 161 Å². The molecular weight excluding hydrogens is 450 g/mol. The number of nitrogens with two attached hydrogens (primary N) is 1. The van der Waals surface area contributed by atoms with E-state index < -0.39 is 35.9 Å². The molecule has 0 bridgehead atoms. The largest absolute Gasteiger partial charge is 0.513 e. The molecule has 0 amide bonds. The quantitative estimate of drug-likeness (QED) is 0.312. The molecule has 0 spiro atoms. The number of carbonyl (C=O) groups is 4. The zero-order valence-corrected chi connectivity index (χ0v) is 18.8. The van der Waals surface area contributed by atoms with Crippen LogP contribution in [0.15, 0.2) is 48.5 Å². The third-order valence-corrected chi connectivity index (χ3v) is 4.64. The molecule has 2 atom stereocenters. The molecule has 0 saturated carbocycles. The maximum absolute atomic E-state index is 12.3. The van der Waals surface area contributed by atoms with E-state index in [0.717, 1.165) is 14.2 Å². The van der Waals surface area contributed by atoms with Gasteiger partial charge in [0.1, 0.15) is 11.6 Å². The van der Waals surface area contributed by atoms with Gasteiger partial charge in [-0.3, -0.25) is 4.79 Å². The normalized spacial score (nSPS) is 13.1. The van der Waals surface area contributed by atoms with Gasteiger partial charge in [-0.15, -0.1) is 0 Å². The molecule has 182 valence electrons. The van der Waals surface area contributed by atoms with Crippen molar-refractivity contribution in [1.82, 2.24) is 0 Å². The molecule has 0 aliphatic heterocycles. The highest BCUT2D eigenvalue weighted by molar-refractivity contribution is 5.89. The van der Waals surface area contributed by atoms with E-state index in [1.54, 1.807) is 30.3 Å². The first-order valence-corrected chi connectivity index (χ1v) is 10.0. The first kappa shape index (κ1) is 26.1. The fourth-order valence-corrected chi connectivity index (χ4v) is 3.07. The van der Waals surface area contributed by atoms with Crippen LogP contribution in [0.25, 0.3) is 0 Å². The van der Waals surface area contributed by atoms with Crippen LogP contribution in [0.2, 0.25) is 0 Å². The second kappa shape index (κ2) is 11.7. The Balaban J connectivity index is 2.22. The molecule has 0 radical (unpaired) electrons. The third-order valence-electron chi connectivity index (χ3n) is 4.64. The summed E-state index contributed by atoms with van der Waals surface area (Å²) in [5.41, 5.74) is 4.99. The summed E-state index contributed by atoms with van der Waals surface area (Å²) in [5, 5.41) is 9.80. The Labute approximate surface area is 195 Å². The molecule has 0 aliphatic carbocycles. The summed E-state index contributed by atoms with van der Waals surface area (Å²) < 4.78 is 24.1. The Morgan fingerprint density at radius 2 is 1.53 bits per heavy atom. The minimum Gasteiger partial charge on any atom is -0.480 e. The fraction of sp³-hybridized carbons (Fsp3) is 0.304. The van der Waals surface area contributed by atoms with Gasteiger partial charge < -0.3 is 34.5 Å². The number of benzene rings is 2. The molecule has 2 aromatic rings. The summed E-state index contributed by atoms with van der Waals surface area (Å²) in [4.78, 5) is 47.3. The molecule has 2 aromatic carbocycles. The number of rotatable bonds is 9. The Morgan fingerprint density at radius 3 is 2.09 bits per heavy atom. The highest BCUT2D eigenvalue weighted by Crippen LogP contribution is 2.31. The van der Waals surface area contributed by atoms with Crippen LogP contribution in [-0.4, -0.2) is 55.2 Å². The van der Waals surface area contributed by atoms with Gasteiger partial charge >= 0.3 is 24.2 Å². The van der Waals surface area contributed by atoms with Gasteiger partial charge in [0.25, 0.3) is 0 Å². The number of ether oxygens (including phenoxy) is 5.